The molecule has 4 heteroatoms. The SMILES string of the molecule is CCOC=C1N=C(C)OC1=O. The predicted octanol–water partition coefficient (Wildman–Crippen LogP) is 0.839. The summed E-state index contributed by atoms with van der Waals surface area (Å²) in [7, 11) is 0. The van der Waals surface area contributed by atoms with Gasteiger partial charge in [0.2, 0.25) is 0 Å². The van der Waals surface area contributed by atoms with Crippen molar-refractivity contribution in [3.63, 3.8) is 0 Å². The minimum Gasteiger partial charge on any atom is -0.499 e. The molecule has 0 aliphatic carbocycles. The molecule has 0 spiro atoms. The lowest BCUT2D eigenvalue weighted by molar-refractivity contribution is -0.130. The second-order valence-electron chi connectivity index (χ2n) is 1.98. The van der Waals surface area contributed by atoms with Crippen LogP contribution in [0.15, 0.2) is 17.0 Å². The average molecular weight is 155 g/mol. The molecule has 0 radical (unpaired) electrons. The third-order valence-electron chi connectivity index (χ3n) is 1.09. The molecule has 0 N–H and O–H groups in total. The summed E-state index contributed by atoms with van der Waals surface area (Å²) in [5.74, 6) is -0.0862. The van der Waals surface area contributed by atoms with Gasteiger partial charge in [0.05, 0.1) is 6.61 Å². The van der Waals surface area contributed by atoms with E-state index in [1.807, 2.05) is 6.92 Å². The van der Waals surface area contributed by atoms with Gasteiger partial charge >= 0.3 is 5.97 Å². The van der Waals surface area contributed by atoms with E-state index < -0.39 is 5.97 Å². The van der Waals surface area contributed by atoms with Crippen LogP contribution in [-0.4, -0.2) is 18.5 Å². The Balaban J connectivity index is 2.65. The Morgan fingerprint density at radius 2 is 2.45 bits per heavy atom. The molecule has 0 saturated carbocycles. The quantitative estimate of drug-likeness (QED) is 0.337. The second kappa shape index (κ2) is 3.18. The summed E-state index contributed by atoms with van der Waals surface area (Å²) in [6.07, 6.45) is 1.30. The van der Waals surface area contributed by atoms with Gasteiger partial charge < -0.3 is 9.47 Å². The number of cyclic esters (lactones) is 1. The monoisotopic (exact) mass is 155 g/mol. The molecule has 0 aromatic heterocycles. The Bertz CT molecular complexity index is 230. The number of rotatable bonds is 2. The van der Waals surface area contributed by atoms with Crippen molar-refractivity contribution in [1.29, 1.82) is 0 Å². The zero-order valence-corrected chi connectivity index (χ0v) is 6.46. The molecule has 1 heterocycles. The molecule has 1 rings (SSSR count). The molecule has 4 nitrogen and oxygen atoms in total. The van der Waals surface area contributed by atoms with Crippen LogP contribution in [0.4, 0.5) is 0 Å². The molecule has 11 heavy (non-hydrogen) atoms. The molecule has 0 saturated heterocycles. The number of esters is 1. The molecular formula is C7H9NO3. The van der Waals surface area contributed by atoms with Crippen molar-refractivity contribution in [2.75, 3.05) is 6.61 Å². The number of ether oxygens (including phenoxy) is 2. The van der Waals surface area contributed by atoms with E-state index in [9.17, 15) is 4.79 Å². The lowest BCUT2D eigenvalue weighted by Crippen LogP contribution is -2.00. The van der Waals surface area contributed by atoms with Crippen LogP contribution in [-0.2, 0) is 14.3 Å². The number of carbonyl (C=O) groups excluding carboxylic acids is 1. The van der Waals surface area contributed by atoms with Crippen LogP contribution in [0, 0.1) is 0 Å². The van der Waals surface area contributed by atoms with E-state index in [0.29, 0.717) is 12.5 Å². The molecule has 0 fully saturated rings. The first-order valence-corrected chi connectivity index (χ1v) is 3.33. The van der Waals surface area contributed by atoms with Gasteiger partial charge in [-0.25, -0.2) is 9.79 Å². The van der Waals surface area contributed by atoms with Gasteiger partial charge in [-0.2, -0.15) is 0 Å². The summed E-state index contributed by atoms with van der Waals surface area (Å²) in [5.41, 5.74) is 0.226. The molecule has 1 aliphatic rings. The molecule has 1 aliphatic heterocycles. The van der Waals surface area contributed by atoms with Crippen LogP contribution in [0.5, 0.6) is 0 Å². The summed E-state index contributed by atoms with van der Waals surface area (Å²) in [6, 6.07) is 0. The van der Waals surface area contributed by atoms with Crippen LogP contribution in [0.25, 0.3) is 0 Å². The summed E-state index contributed by atoms with van der Waals surface area (Å²) in [4.78, 5) is 14.6. The standard InChI is InChI=1S/C7H9NO3/c1-3-10-4-6-7(9)11-5(2)8-6/h4H,3H2,1-2H3. The first kappa shape index (κ1) is 7.78. The number of carbonyl (C=O) groups is 1. The second-order valence-corrected chi connectivity index (χ2v) is 1.98. The average Bonchev–Trinajstić information content (AvgIpc) is 2.26. The molecule has 0 aromatic rings. The van der Waals surface area contributed by atoms with Crippen molar-refractivity contribution in [2.45, 2.75) is 13.8 Å². The number of aliphatic imine (C=N–C) groups is 1. The number of nitrogens with zero attached hydrogens (tertiary/aromatic N) is 1. The third-order valence-corrected chi connectivity index (χ3v) is 1.09. The van der Waals surface area contributed by atoms with E-state index in [2.05, 4.69) is 9.73 Å². The predicted molar refractivity (Wildman–Crippen MR) is 38.9 cm³/mol. The summed E-state index contributed by atoms with van der Waals surface area (Å²) in [5, 5.41) is 0. The van der Waals surface area contributed by atoms with Crippen molar-refractivity contribution < 1.29 is 14.3 Å². The van der Waals surface area contributed by atoms with Gasteiger partial charge in [-0.05, 0) is 6.92 Å². The van der Waals surface area contributed by atoms with Gasteiger partial charge in [0.1, 0.15) is 6.26 Å². The lowest BCUT2D eigenvalue weighted by Gasteiger charge is -1.92. The van der Waals surface area contributed by atoms with Crippen LogP contribution in [0.1, 0.15) is 13.8 Å². The van der Waals surface area contributed by atoms with Crippen molar-refractivity contribution in [1.82, 2.24) is 0 Å². The van der Waals surface area contributed by atoms with Gasteiger partial charge in [-0.1, -0.05) is 0 Å². The highest BCUT2D eigenvalue weighted by atomic mass is 16.6. The molecule has 0 aromatic carbocycles. The fourth-order valence-corrected chi connectivity index (χ4v) is 0.661. The molecule has 0 bridgehead atoms. The maximum Gasteiger partial charge on any atom is 0.366 e. The molecule has 0 amide bonds. The van der Waals surface area contributed by atoms with Crippen LogP contribution >= 0.6 is 0 Å². The fraction of sp³-hybridized carbons (Fsp3) is 0.429. The van der Waals surface area contributed by atoms with Gasteiger partial charge in [-0.3, -0.25) is 0 Å². The largest absolute Gasteiger partial charge is 0.499 e. The zero-order chi connectivity index (χ0) is 8.27. The van der Waals surface area contributed by atoms with Crippen molar-refractivity contribution in [3.8, 4) is 0 Å². The number of hydrogen-bond acceptors (Lipinski definition) is 4. The Morgan fingerprint density at radius 1 is 1.73 bits per heavy atom. The fourth-order valence-electron chi connectivity index (χ4n) is 0.661. The topological polar surface area (TPSA) is 47.9 Å². The minimum atomic E-state index is -0.448. The zero-order valence-electron chi connectivity index (χ0n) is 6.46. The number of hydrogen-bond donors (Lipinski definition) is 0. The summed E-state index contributed by atoms with van der Waals surface area (Å²) in [6.45, 7) is 3.96. The van der Waals surface area contributed by atoms with E-state index in [1.165, 1.54) is 6.26 Å². The lowest BCUT2D eigenvalue weighted by atomic mass is 10.5. The first-order chi connectivity index (χ1) is 5.24. The van der Waals surface area contributed by atoms with Crippen molar-refractivity contribution >= 4 is 11.9 Å². The van der Waals surface area contributed by atoms with E-state index in [0.717, 1.165) is 0 Å². The smallest absolute Gasteiger partial charge is 0.366 e. The summed E-state index contributed by atoms with van der Waals surface area (Å²) >= 11 is 0. The van der Waals surface area contributed by atoms with E-state index in [-0.39, 0.29) is 5.70 Å². The maximum absolute atomic E-state index is 10.8. The Labute approximate surface area is 64.5 Å². The Hall–Kier alpha value is -1.32. The van der Waals surface area contributed by atoms with Crippen LogP contribution in [0.3, 0.4) is 0 Å². The van der Waals surface area contributed by atoms with Gasteiger partial charge in [0, 0.05) is 6.92 Å². The molecule has 60 valence electrons. The molecule has 0 unspecified atom stereocenters. The Kier molecular flexibility index (Phi) is 2.25. The summed E-state index contributed by atoms with van der Waals surface area (Å²) < 4.78 is 9.50. The van der Waals surface area contributed by atoms with Crippen LogP contribution in [0.2, 0.25) is 0 Å². The van der Waals surface area contributed by atoms with Gasteiger partial charge in [0.15, 0.2) is 11.6 Å². The Morgan fingerprint density at radius 3 is 2.91 bits per heavy atom. The third kappa shape index (κ3) is 1.80. The highest BCUT2D eigenvalue weighted by Gasteiger charge is 2.19. The van der Waals surface area contributed by atoms with E-state index in [1.54, 1.807) is 6.92 Å². The van der Waals surface area contributed by atoms with E-state index >= 15 is 0 Å². The van der Waals surface area contributed by atoms with Crippen LogP contribution < -0.4 is 0 Å². The maximum atomic E-state index is 10.8. The highest BCUT2D eigenvalue weighted by Crippen LogP contribution is 2.09. The normalized spacial score (nSPS) is 20.0. The highest BCUT2D eigenvalue weighted by molar-refractivity contribution is 6.03. The molecule has 0 atom stereocenters. The molecular weight excluding hydrogens is 146 g/mol. The first-order valence-electron chi connectivity index (χ1n) is 3.33. The van der Waals surface area contributed by atoms with Crippen molar-refractivity contribution in [2.24, 2.45) is 4.99 Å². The van der Waals surface area contributed by atoms with Gasteiger partial charge in [0.25, 0.3) is 0 Å². The van der Waals surface area contributed by atoms with E-state index in [4.69, 9.17) is 4.74 Å². The minimum absolute atomic E-state index is 0.226. The van der Waals surface area contributed by atoms with Crippen molar-refractivity contribution in [3.05, 3.63) is 12.0 Å². The van der Waals surface area contributed by atoms with Gasteiger partial charge in [-0.15, -0.1) is 0 Å².